The Labute approximate surface area is 176 Å². The molecule has 1 aromatic rings. The summed E-state index contributed by atoms with van der Waals surface area (Å²) in [7, 11) is 0.788. The first kappa shape index (κ1) is 22.1. The Bertz CT molecular complexity index is 867. The van der Waals surface area contributed by atoms with E-state index in [1.807, 2.05) is 6.07 Å². The highest BCUT2D eigenvalue weighted by Gasteiger charge is 2.52. The van der Waals surface area contributed by atoms with Crippen molar-refractivity contribution in [2.45, 2.75) is 70.2 Å². The van der Waals surface area contributed by atoms with Crippen molar-refractivity contribution in [2.24, 2.45) is 5.92 Å². The lowest BCUT2D eigenvalue weighted by molar-refractivity contribution is -0.128. The molecule has 1 aliphatic heterocycles. The van der Waals surface area contributed by atoms with Crippen LogP contribution in [-0.4, -0.2) is 53.1 Å². The van der Waals surface area contributed by atoms with Crippen molar-refractivity contribution in [3.63, 3.8) is 0 Å². The number of nitrogens with zero attached hydrogens (tertiary/aromatic N) is 2. The fourth-order valence-corrected chi connectivity index (χ4v) is 4.32. The number of benzene rings is 1. The maximum absolute atomic E-state index is 14.2. The molecule has 7 nitrogen and oxygen atoms in total. The van der Waals surface area contributed by atoms with Crippen molar-refractivity contribution < 1.29 is 23.7 Å². The van der Waals surface area contributed by atoms with Gasteiger partial charge in [0.1, 0.15) is 23.5 Å². The molecular formula is C21H26BFN3O4. The minimum atomic E-state index is -0.949. The van der Waals surface area contributed by atoms with E-state index in [0.717, 1.165) is 32.8 Å². The molecule has 0 spiro atoms. The van der Waals surface area contributed by atoms with Gasteiger partial charge in [0.15, 0.2) is 0 Å². The molecule has 0 aromatic heterocycles. The Morgan fingerprint density at radius 3 is 2.77 bits per heavy atom. The van der Waals surface area contributed by atoms with Gasteiger partial charge >= 0.3 is 13.6 Å². The SMILES string of the molecule is CC(C)(C)OC(=O)N1[C@@H]2CC[C@@H](C2)[C@H]1C(=O)N[C@H](C#N)Cc1ccc([B]O)cc1F. The first-order valence-corrected chi connectivity index (χ1v) is 10.1. The molecule has 159 valence electrons. The Balaban J connectivity index is 1.71. The zero-order valence-corrected chi connectivity index (χ0v) is 17.4. The molecule has 1 radical (unpaired) electrons. The molecule has 2 N–H and O–H groups in total. The van der Waals surface area contributed by atoms with Gasteiger partial charge < -0.3 is 15.1 Å². The second-order valence-corrected chi connectivity index (χ2v) is 8.93. The van der Waals surface area contributed by atoms with Gasteiger partial charge in [0.2, 0.25) is 5.91 Å². The van der Waals surface area contributed by atoms with Crippen LogP contribution >= 0.6 is 0 Å². The summed E-state index contributed by atoms with van der Waals surface area (Å²) in [5.74, 6) is -0.957. The fourth-order valence-electron chi connectivity index (χ4n) is 4.32. The lowest BCUT2D eigenvalue weighted by atomic mass is 9.87. The molecule has 2 amide bonds. The predicted octanol–water partition coefficient (Wildman–Crippen LogP) is 1.40. The van der Waals surface area contributed by atoms with Gasteiger partial charge in [-0.05, 0) is 57.6 Å². The first-order valence-electron chi connectivity index (χ1n) is 10.1. The summed E-state index contributed by atoms with van der Waals surface area (Å²) >= 11 is 0. The number of halogens is 1. The van der Waals surface area contributed by atoms with Gasteiger partial charge in [-0.3, -0.25) is 9.69 Å². The van der Waals surface area contributed by atoms with Crippen LogP contribution in [0.1, 0.15) is 45.6 Å². The Hall–Kier alpha value is -2.60. The number of rotatable bonds is 5. The summed E-state index contributed by atoms with van der Waals surface area (Å²) in [6.45, 7) is 5.32. The van der Waals surface area contributed by atoms with Gasteiger partial charge in [-0.25, -0.2) is 9.18 Å². The maximum Gasteiger partial charge on any atom is 0.411 e. The Kier molecular flexibility index (Phi) is 6.37. The van der Waals surface area contributed by atoms with Gasteiger partial charge in [-0.15, -0.1) is 0 Å². The molecule has 1 saturated carbocycles. The lowest BCUT2D eigenvalue weighted by Gasteiger charge is -2.35. The zero-order valence-electron chi connectivity index (χ0n) is 17.4. The van der Waals surface area contributed by atoms with Crippen molar-refractivity contribution in [3.05, 3.63) is 29.6 Å². The highest BCUT2D eigenvalue weighted by atomic mass is 19.1. The van der Waals surface area contributed by atoms with E-state index in [0.29, 0.717) is 5.46 Å². The van der Waals surface area contributed by atoms with Crippen molar-refractivity contribution in [2.75, 3.05) is 0 Å². The van der Waals surface area contributed by atoms with E-state index in [-0.39, 0.29) is 23.9 Å². The number of hydrogen-bond acceptors (Lipinski definition) is 5. The predicted molar refractivity (Wildman–Crippen MR) is 108 cm³/mol. The molecule has 1 aliphatic carbocycles. The average Bonchev–Trinajstić information content (AvgIpc) is 3.28. The normalized spacial score (nSPS) is 23.6. The molecule has 30 heavy (non-hydrogen) atoms. The number of ether oxygens (including phenoxy) is 1. The van der Waals surface area contributed by atoms with Crippen LogP contribution in [0, 0.1) is 23.1 Å². The van der Waals surface area contributed by atoms with E-state index in [4.69, 9.17) is 9.76 Å². The Morgan fingerprint density at radius 1 is 1.43 bits per heavy atom. The van der Waals surface area contributed by atoms with E-state index in [2.05, 4.69) is 5.32 Å². The number of carbonyl (C=O) groups is 2. The number of nitriles is 1. The second-order valence-electron chi connectivity index (χ2n) is 8.93. The van der Waals surface area contributed by atoms with Gasteiger partial charge in [0.25, 0.3) is 0 Å². The summed E-state index contributed by atoms with van der Waals surface area (Å²) in [6.07, 6.45) is 1.86. The zero-order chi connectivity index (χ0) is 22.1. The van der Waals surface area contributed by atoms with Crippen LogP contribution in [0.3, 0.4) is 0 Å². The molecule has 1 aromatic carbocycles. The summed E-state index contributed by atoms with van der Waals surface area (Å²) in [4.78, 5) is 27.2. The van der Waals surface area contributed by atoms with Crippen LogP contribution in [-0.2, 0) is 16.0 Å². The second kappa shape index (κ2) is 8.64. The summed E-state index contributed by atoms with van der Waals surface area (Å²) < 4.78 is 19.7. The standard InChI is InChI=1S/C21H26BFN3O4/c1-21(2,3)30-20(28)26-16-7-5-13(9-16)18(26)19(27)25-15(11-24)8-12-4-6-14(22-29)10-17(12)23/h4,6,10,13,15-16,18,29H,5,7-9H2,1-3H3,(H,25,27)/t13-,15-,16+,18-/m0/s1. The van der Waals surface area contributed by atoms with Crippen molar-refractivity contribution in [1.82, 2.24) is 10.2 Å². The van der Waals surface area contributed by atoms with Crippen LogP contribution in [0.15, 0.2) is 18.2 Å². The molecule has 9 heteroatoms. The minimum Gasteiger partial charge on any atom is -0.450 e. The molecule has 4 atom stereocenters. The molecule has 2 aliphatic rings. The number of amides is 2. The number of carbonyl (C=O) groups excluding carboxylic acids is 2. The number of hydrogen-bond donors (Lipinski definition) is 2. The van der Waals surface area contributed by atoms with Crippen LogP contribution < -0.4 is 10.8 Å². The van der Waals surface area contributed by atoms with Gasteiger partial charge in [-0.1, -0.05) is 17.6 Å². The molecule has 2 bridgehead atoms. The van der Waals surface area contributed by atoms with Crippen LogP contribution in [0.4, 0.5) is 9.18 Å². The molecule has 3 rings (SSSR count). The smallest absolute Gasteiger partial charge is 0.411 e. The van der Waals surface area contributed by atoms with Gasteiger partial charge in [-0.2, -0.15) is 5.26 Å². The topological polar surface area (TPSA) is 103 Å². The number of fused-ring (bicyclic) bond motifs is 2. The third kappa shape index (κ3) is 4.76. The maximum atomic E-state index is 14.2. The van der Waals surface area contributed by atoms with Crippen molar-refractivity contribution in [1.29, 1.82) is 5.26 Å². The van der Waals surface area contributed by atoms with E-state index in [1.165, 1.54) is 17.0 Å². The number of piperidine rings is 1. The molecule has 0 unspecified atom stereocenters. The molecule has 1 saturated heterocycles. The third-order valence-corrected chi connectivity index (χ3v) is 5.58. The minimum absolute atomic E-state index is 0.0208. The van der Waals surface area contributed by atoms with Crippen LogP contribution in [0.2, 0.25) is 0 Å². The Morgan fingerprint density at radius 2 is 2.17 bits per heavy atom. The van der Waals surface area contributed by atoms with Gasteiger partial charge in [0, 0.05) is 12.5 Å². The molecule has 2 fully saturated rings. The quantitative estimate of drug-likeness (QED) is 0.710. The molecule has 1 heterocycles. The summed E-state index contributed by atoms with van der Waals surface area (Å²) in [5.41, 5.74) is -0.113. The van der Waals surface area contributed by atoms with Gasteiger partial charge in [0.05, 0.1) is 6.07 Å². The highest BCUT2D eigenvalue weighted by Crippen LogP contribution is 2.43. The van der Waals surface area contributed by atoms with Crippen molar-refractivity contribution in [3.8, 4) is 6.07 Å². The summed E-state index contributed by atoms with van der Waals surface area (Å²) in [6, 6.07) is 4.47. The van der Waals surface area contributed by atoms with E-state index in [1.54, 1.807) is 20.8 Å². The van der Waals surface area contributed by atoms with E-state index in [9.17, 15) is 19.2 Å². The largest absolute Gasteiger partial charge is 0.450 e. The third-order valence-electron chi connectivity index (χ3n) is 5.58. The first-order chi connectivity index (χ1) is 14.1. The van der Waals surface area contributed by atoms with E-state index >= 15 is 0 Å². The average molecular weight is 414 g/mol. The van der Waals surface area contributed by atoms with Crippen LogP contribution in [0.5, 0.6) is 0 Å². The lowest BCUT2D eigenvalue weighted by Crippen LogP contribution is -2.55. The monoisotopic (exact) mass is 414 g/mol. The fraction of sp³-hybridized carbons (Fsp3) is 0.571. The highest BCUT2D eigenvalue weighted by molar-refractivity contribution is 6.45. The molecular weight excluding hydrogens is 388 g/mol. The number of nitrogens with one attached hydrogen (secondary N) is 1. The van der Waals surface area contributed by atoms with E-state index < -0.39 is 35.5 Å². The summed E-state index contributed by atoms with van der Waals surface area (Å²) in [5, 5.41) is 21.1. The van der Waals surface area contributed by atoms with Crippen LogP contribution in [0.25, 0.3) is 0 Å². The van der Waals surface area contributed by atoms with Crippen molar-refractivity contribution >= 4 is 24.9 Å². The number of likely N-dealkylation sites (tertiary alicyclic amines) is 1.